The summed E-state index contributed by atoms with van der Waals surface area (Å²) >= 11 is 0. The Morgan fingerprint density at radius 2 is 1.40 bits per heavy atom. The number of imide groups is 1. The van der Waals surface area contributed by atoms with Crippen molar-refractivity contribution < 1.29 is 9.59 Å². The lowest BCUT2D eigenvalue weighted by molar-refractivity contribution is -0.127. The fourth-order valence-electron chi connectivity index (χ4n) is 3.14. The number of amides is 2. The zero-order chi connectivity index (χ0) is 15.9. The molecule has 116 valence electrons. The predicted octanol–water partition coefficient (Wildman–Crippen LogP) is 3.77. The summed E-state index contributed by atoms with van der Waals surface area (Å²) in [6.45, 7) is 17.2. The lowest BCUT2D eigenvalue weighted by Gasteiger charge is -2.44. The third-order valence-electron chi connectivity index (χ3n) is 5.65. The highest BCUT2D eigenvalue weighted by Gasteiger charge is 2.51. The molecule has 3 nitrogen and oxygen atoms in total. The average molecular weight is 281 g/mol. The molecule has 2 unspecified atom stereocenters. The summed E-state index contributed by atoms with van der Waals surface area (Å²) in [5, 5.41) is 2.54. The molecule has 0 aromatic heterocycles. The van der Waals surface area contributed by atoms with Crippen LogP contribution in [-0.4, -0.2) is 11.8 Å². The van der Waals surface area contributed by atoms with E-state index in [0.717, 1.165) is 12.8 Å². The van der Waals surface area contributed by atoms with Crippen LogP contribution in [0.25, 0.3) is 0 Å². The first-order valence-corrected chi connectivity index (χ1v) is 7.68. The topological polar surface area (TPSA) is 46.2 Å². The third-order valence-corrected chi connectivity index (χ3v) is 5.65. The van der Waals surface area contributed by atoms with E-state index in [9.17, 15) is 9.59 Å². The van der Waals surface area contributed by atoms with Crippen molar-refractivity contribution in [1.82, 2.24) is 5.32 Å². The second-order valence-corrected chi connectivity index (χ2v) is 8.63. The molecule has 1 heterocycles. The molecule has 3 heteroatoms. The molecule has 0 bridgehead atoms. The van der Waals surface area contributed by atoms with Crippen molar-refractivity contribution in [3.05, 3.63) is 0 Å². The number of hydrogen-bond donors (Lipinski definition) is 1. The third kappa shape index (κ3) is 3.07. The Kier molecular flexibility index (Phi) is 4.43. The number of nitrogens with one attached hydrogen (secondary N) is 1. The van der Waals surface area contributed by atoms with Crippen molar-refractivity contribution in [2.75, 3.05) is 0 Å². The Hall–Kier alpha value is -0.860. The van der Waals surface area contributed by atoms with Crippen LogP contribution in [0.15, 0.2) is 0 Å². The molecule has 0 spiro atoms. The van der Waals surface area contributed by atoms with E-state index in [4.69, 9.17) is 0 Å². The largest absolute Gasteiger partial charge is 0.296 e. The van der Waals surface area contributed by atoms with Gasteiger partial charge in [-0.1, -0.05) is 61.8 Å². The zero-order valence-corrected chi connectivity index (χ0v) is 14.4. The minimum Gasteiger partial charge on any atom is -0.296 e. The van der Waals surface area contributed by atoms with E-state index in [1.165, 1.54) is 0 Å². The van der Waals surface area contributed by atoms with Crippen molar-refractivity contribution in [2.24, 2.45) is 28.1 Å². The standard InChI is InChI=1S/C17H31NO2/c1-9-16(5,6)17(7,8)10-11-12(15(2,3)4)14(20)18-13(11)19/h11-12H,9-10H2,1-8H3,(H,18,19,20). The van der Waals surface area contributed by atoms with Gasteiger partial charge in [0.1, 0.15) is 0 Å². The Labute approximate surface area is 123 Å². The molecule has 1 saturated heterocycles. The summed E-state index contributed by atoms with van der Waals surface area (Å²) in [7, 11) is 0. The number of carbonyl (C=O) groups is 2. The molecule has 20 heavy (non-hydrogen) atoms. The van der Waals surface area contributed by atoms with E-state index in [1.54, 1.807) is 0 Å². The smallest absolute Gasteiger partial charge is 0.231 e. The van der Waals surface area contributed by atoms with Gasteiger partial charge < -0.3 is 0 Å². The summed E-state index contributed by atoms with van der Waals surface area (Å²) in [5.41, 5.74) is -0.0351. The molecule has 1 aliphatic heterocycles. The van der Waals surface area contributed by atoms with E-state index in [1.807, 2.05) is 20.8 Å². The first-order valence-electron chi connectivity index (χ1n) is 7.68. The number of carbonyl (C=O) groups excluding carboxylic acids is 2. The summed E-state index contributed by atoms with van der Waals surface area (Å²) in [6.07, 6.45) is 1.82. The SMILES string of the molecule is CCC(C)(C)C(C)(C)CC1C(=O)NC(=O)C1C(C)(C)C. The van der Waals surface area contributed by atoms with Crippen molar-refractivity contribution in [3.63, 3.8) is 0 Å². The molecule has 0 radical (unpaired) electrons. The molecule has 0 aliphatic carbocycles. The van der Waals surface area contributed by atoms with E-state index in [0.29, 0.717) is 0 Å². The maximum absolute atomic E-state index is 12.2. The highest BCUT2D eigenvalue weighted by atomic mass is 16.2. The first kappa shape index (κ1) is 17.2. The molecule has 0 aromatic carbocycles. The van der Waals surface area contributed by atoms with E-state index < -0.39 is 0 Å². The first-order chi connectivity index (χ1) is 8.83. The molecule has 1 rings (SSSR count). The normalized spacial score (nSPS) is 25.0. The molecule has 1 fully saturated rings. The van der Waals surface area contributed by atoms with Crippen LogP contribution < -0.4 is 5.32 Å². The van der Waals surface area contributed by atoms with Crippen LogP contribution in [-0.2, 0) is 9.59 Å². The Morgan fingerprint density at radius 1 is 0.900 bits per heavy atom. The van der Waals surface area contributed by atoms with Crippen molar-refractivity contribution in [1.29, 1.82) is 0 Å². The lowest BCUT2D eigenvalue weighted by atomic mass is 9.60. The Morgan fingerprint density at radius 3 is 1.80 bits per heavy atom. The quantitative estimate of drug-likeness (QED) is 0.797. The van der Waals surface area contributed by atoms with E-state index in [-0.39, 0.29) is 39.9 Å². The van der Waals surface area contributed by atoms with Crippen molar-refractivity contribution in [3.8, 4) is 0 Å². The van der Waals surface area contributed by atoms with Gasteiger partial charge in [-0.15, -0.1) is 0 Å². The van der Waals surface area contributed by atoms with Crippen molar-refractivity contribution >= 4 is 11.8 Å². The second kappa shape index (κ2) is 5.16. The van der Waals surface area contributed by atoms with Crippen LogP contribution >= 0.6 is 0 Å². The van der Waals surface area contributed by atoms with Gasteiger partial charge in [0, 0.05) is 0 Å². The maximum atomic E-state index is 12.2. The van der Waals surface area contributed by atoms with Crippen molar-refractivity contribution in [2.45, 2.75) is 68.2 Å². The molecule has 0 aromatic rings. The molecule has 1 aliphatic rings. The molecular weight excluding hydrogens is 250 g/mol. The second-order valence-electron chi connectivity index (χ2n) is 8.63. The molecule has 0 saturated carbocycles. The summed E-state index contributed by atoms with van der Waals surface area (Å²) in [4.78, 5) is 24.3. The van der Waals surface area contributed by atoms with Crippen LogP contribution in [0.1, 0.15) is 68.2 Å². The minimum atomic E-state index is -0.220. The van der Waals surface area contributed by atoms with Gasteiger partial charge in [0.25, 0.3) is 0 Å². The Bertz CT molecular complexity index is 402. The number of rotatable bonds is 4. The molecule has 1 N–H and O–H groups in total. The van der Waals surface area contributed by atoms with Crippen LogP contribution in [0.5, 0.6) is 0 Å². The van der Waals surface area contributed by atoms with Crippen LogP contribution in [0, 0.1) is 28.1 Å². The maximum Gasteiger partial charge on any atom is 0.231 e. The number of hydrogen-bond acceptors (Lipinski definition) is 2. The summed E-state index contributed by atoms with van der Waals surface area (Å²) in [6, 6.07) is 0. The van der Waals surface area contributed by atoms with Gasteiger partial charge in [0.2, 0.25) is 11.8 Å². The van der Waals surface area contributed by atoms with Crippen LogP contribution in [0.4, 0.5) is 0 Å². The average Bonchev–Trinajstić information content (AvgIpc) is 2.52. The predicted molar refractivity (Wildman–Crippen MR) is 82.1 cm³/mol. The van der Waals surface area contributed by atoms with Crippen LogP contribution in [0.2, 0.25) is 0 Å². The summed E-state index contributed by atoms with van der Waals surface area (Å²) in [5.74, 6) is -0.613. The highest BCUT2D eigenvalue weighted by molar-refractivity contribution is 6.05. The van der Waals surface area contributed by atoms with E-state index in [2.05, 4.69) is 39.9 Å². The fourth-order valence-corrected chi connectivity index (χ4v) is 3.14. The fraction of sp³-hybridized carbons (Fsp3) is 0.882. The summed E-state index contributed by atoms with van der Waals surface area (Å²) < 4.78 is 0. The monoisotopic (exact) mass is 281 g/mol. The highest BCUT2D eigenvalue weighted by Crippen LogP contribution is 2.49. The van der Waals surface area contributed by atoms with Gasteiger partial charge in [0.05, 0.1) is 11.8 Å². The van der Waals surface area contributed by atoms with Gasteiger partial charge in [0.15, 0.2) is 0 Å². The Balaban J connectivity index is 3.06. The van der Waals surface area contributed by atoms with Crippen LogP contribution in [0.3, 0.4) is 0 Å². The molecule has 2 amide bonds. The van der Waals surface area contributed by atoms with Gasteiger partial charge in [-0.25, -0.2) is 0 Å². The van der Waals surface area contributed by atoms with E-state index >= 15 is 0 Å². The van der Waals surface area contributed by atoms with Gasteiger partial charge in [-0.2, -0.15) is 0 Å². The minimum absolute atomic E-state index is 0.0118. The lowest BCUT2D eigenvalue weighted by Crippen LogP contribution is -2.39. The van der Waals surface area contributed by atoms with Gasteiger partial charge >= 0.3 is 0 Å². The zero-order valence-electron chi connectivity index (χ0n) is 14.4. The molecular formula is C17H31NO2. The van der Waals surface area contributed by atoms with Gasteiger partial charge in [-0.3, -0.25) is 14.9 Å². The molecule has 2 atom stereocenters. The van der Waals surface area contributed by atoms with Gasteiger partial charge in [-0.05, 0) is 22.7 Å².